The molecule has 2 rings (SSSR count). The number of nitrogens with zero attached hydrogens (tertiary/aromatic N) is 1. The second kappa shape index (κ2) is 17.8. The van der Waals surface area contributed by atoms with E-state index in [4.69, 9.17) is 33.1 Å². The van der Waals surface area contributed by atoms with Crippen LogP contribution in [0.1, 0.15) is 39.3 Å². The van der Waals surface area contributed by atoms with Crippen molar-refractivity contribution in [2.45, 2.75) is 21.3 Å². The summed E-state index contributed by atoms with van der Waals surface area (Å²) in [6.07, 6.45) is 0. The molecule has 0 aliphatic heterocycles. The molecule has 31 heavy (non-hydrogen) atoms. The molecule has 0 fully saturated rings. The van der Waals surface area contributed by atoms with E-state index >= 15 is 0 Å². The maximum Gasteiger partial charge on any atom is 0.337 e. The molecular weight excluding hydrogens is 467 g/mol. The summed E-state index contributed by atoms with van der Waals surface area (Å²) in [5.41, 5.74) is 4.70. The number of carbonyl (C=O) groups excluding carboxylic acids is 1. The van der Waals surface area contributed by atoms with Crippen LogP contribution < -0.4 is 5.48 Å². The lowest BCUT2D eigenvalue weighted by molar-refractivity contribution is -0.0756. The Morgan fingerprint density at radius 2 is 1.35 bits per heavy atom. The highest BCUT2D eigenvalue weighted by atomic mass is 35.5. The molecule has 0 saturated carbocycles. The van der Waals surface area contributed by atoms with E-state index in [1.807, 2.05) is 13.0 Å². The SMILES string of the molecule is C.CNOC.CON(C)C(=O)c1cccc(C)c1Cl.Cc1cccc(C(=O)O)c1Cl.Cl. The Labute approximate surface area is 200 Å². The van der Waals surface area contributed by atoms with Crippen LogP contribution in [0.3, 0.4) is 0 Å². The molecule has 7 nitrogen and oxygen atoms in total. The van der Waals surface area contributed by atoms with Gasteiger partial charge in [-0.1, -0.05) is 54.9 Å². The van der Waals surface area contributed by atoms with Crippen LogP contribution in [0.5, 0.6) is 0 Å². The van der Waals surface area contributed by atoms with Crippen LogP contribution in [0.2, 0.25) is 10.0 Å². The van der Waals surface area contributed by atoms with E-state index in [2.05, 4.69) is 10.3 Å². The highest BCUT2D eigenvalue weighted by molar-refractivity contribution is 6.34. The summed E-state index contributed by atoms with van der Waals surface area (Å²) < 4.78 is 0. The number of halogens is 3. The van der Waals surface area contributed by atoms with Crippen molar-refractivity contribution >= 4 is 47.5 Å². The second-order valence-electron chi connectivity index (χ2n) is 5.57. The van der Waals surface area contributed by atoms with E-state index in [9.17, 15) is 9.59 Å². The van der Waals surface area contributed by atoms with E-state index in [-0.39, 0.29) is 31.3 Å². The average molecular weight is 498 g/mol. The van der Waals surface area contributed by atoms with Crippen LogP contribution in [-0.4, -0.2) is 50.4 Å². The fourth-order valence-electron chi connectivity index (χ4n) is 1.88. The van der Waals surface area contributed by atoms with Crippen LogP contribution in [0.4, 0.5) is 0 Å². The summed E-state index contributed by atoms with van der Waals surface area (Å²) in [4.78, 5) is 31.2. The Hall–Kier alpha value is -1.87. The van der Waals surface area contributed by atoms with Crippen LogP contribution >= 0.6 is 35.6 Å². The molecule has 2 aromatic carbocycles. The van der Waals surface area contributed by atoms with Crippen LogP contribution in [0.25, 0.3) is 0 Å². The molecule has 0 saturated heterocycles. The van der Waals surface area contributed by atoms with Gasteiger partial charge in [-0.15, -0.1) is 12.4 Å². The molecule has 0 radical (unpaired) electrons. The monoisotopic (exact) mass is 496 g/mol. The van der Waals surface area contributed by atoms with Gasteiger partial charge in [0.05, 0.1) is 35.4 Å². The van der Waals surface area contributed by atoms with Crippen molar-refractivity contribution in [3.8, 4) is 0 Å². The number of carbonyl (C=O) groups is 2. The van der Waals surface area contributed by atoms with Gasteiger partial charge < -0.3 is 9.94 Å². The first kappa shape index (κ1) is 33.8. The predicted octanol–water partition coefficient (Wildman–Crippen LogP) is 5.45. The van der Waals surface area contributed by atoms with Gasteiger partial charge in [-0.2, -0.15) is 0 Å². The molecule has 0 aliphatic carbocycles. The third-order valence-electron chi connectivity index (χ3n) is 3.61. The minimum Gasteiger partial charge on any atom is -0.478 e. The molecule has 0 bridgehead atoms. The van der Waals surface area contributed by atoms with Gasteiger partial charge in [0, 0.05) is 14.1 Å². The molecule has 176 valence electrons. The lowest BCUT2D eigenvalue weighted by Gasteiger charge is -2.14. The summed E-state index contributed by atoms with van der Waals surface area (Å²) in [5.74, 6) is -1.24. The normalized spacial score (nSPS) is 8.90. The van der Waals surface area contributed by atoms with Crippen molar-refractivity contribution in [3.63, 3.8) is 0 Å². The third kappa shape index (κ3) is 11.4. The Bertz CT molecular complexity index is 818. The van der Waals surface area contributed by atoms with Crippen LogP contribution in [0.15, 0.2) is 36.4 Å². The maximum atomic E-state index is 11.7. The van der Waals surface area contributed by atoms with Gasteiger partial charge in [-0.3, -0.25) is 9.63 Å². The molecule has 0 aliphatic rings. The number of benzene rings is 2. The first-order valence-electron chi connectivity index (χ1n) is 8.37. The zero-order valence-corrected chi connectivity index (χ0v) is 20.0. The Morgan fingerprint density at radius 3 is 1.68 bits per heavy atom. The number of rotatable bonds is 4. The van der Waals surface area contributed by atoms with Crippen molar-refractivity contribution < 1.29 is 24.4 Å². The first-order chi connectivity index (χ1) is 13.6. The Kier molecular flexibility index (Phi) is 19.4. The Morgan fingerprint density at radius 1 is 0.968 bits per heavy atom. The molecular formula is C21H31Cl3N2O5. The summed E-state index contributed by atoms with van der Waals surface area (Å²) in [6.45, 7) is 3.63. The van der Waals surface area contributed by atoms with Crippen molar-refractivity contribution in [2.75, 3.05) is 28.3 Å². The topological polar surface area (TPSA) is 88.1 Å². The number of aromatic carboxylic acids is 1. The number of hydrogen-bond donors (Lipinski definition) is 2. The fraction of sp³-hybridized carbons (Fsp3) is 0.333. The molecule has 0 spiro atoms. The molecule has 2 aromatic rings. The molecule has 2 N–H and O–H groups in total. The fourth-order valence-corrected chi connectivity index (χ4v) is 2.29. The lowest BCUT2D eigenvalue weighted by Crippen LogP contribution is -2.25. The zero-order valence-electron chi connectivity index (χ0n) is 17.7. The first-order valence-corrected chi connectivity index (χ1v) is 9.13. The molecule has 10 heteroatoms. The standard InChI is InChI=1S/C10H12ClNO2.C8H7ClO2.C2H7NO.CH4.ClH/c1-7-5-4-6-8(9(7)11)10(13)12(2)14-3;1-5-3-2-4-6(7(5)9)8(10)11;1-3-4-2;;/h4-6H,1-3H3;2-4H,1H3,(H,10,11);3H,1-2H3;1H4;1H. The van der Waals surface area contributed by atoms with Gasteiger partial charge in [0.1, 0.15) is 0 Å². The molecule has 0 atom stereocenters. The summed E-state index contributed by atoms with van der Waals surface area (Å²) >= 11 is 11.7. The van der Waals surface area contributed by atoms with E-state index in [0.717, 1.165) is 16.2 Å². The number of nitrogens with one attached hydrogen (secondary N) is 1. The van der Waals surface area contributed by atoms with Crippen LogP contribution in [0, 0.1) is 13.8 Å². The van der Waals surface area contributed by atoms with E-state index in [0.29, 0.717) is 15.6 Å². The number of amides is 1. The number of hydrogen-bond acceptors (Lipinski definition) is 5. The molecule has 0 unspecified atom stereocenters. The summed E-state index contributed by atoms with van der Waals surface area (Å²) in [5, 5.41) is 10.5. The molecule has 0 heterocycles. The molecule has 1 amide bonds. The van der Waals surface area contributed by atoms with Gasteiger partial charge in [-0.25, -0.2) is 15.3 Å². The zero-order chi connectivity index (χ0) is 22.6. The van der Waals surface area contributed by atoms with Crippen molar-refractivity contribution in [1.82, 2.24) is 10.5 Å². The minimum atomic E-state index is -0.987. The summed E-state index contributed by atoms with van der Waals surface area (Å²) in [6, 6.07) is 10.2. The quantitative estimate of drug-likeness (QED) is 0.546. The van der Waals surface area contributed by atoms with E-state index in [1.165, 1.54) is 13.2 Å². The van der Waals surface area contributed by atoms with E-state index < -0.39 is 5.97 Å². The van der Waals surface area contributed by atoms with Gasteiger partial charge in [0.25, 0.3) is 5.91 Å². The van der Waals surface area contributed by atoms with Gasteiger partial charge >= 0.3 is 5.97 Å². The van der Waals surface area contributed by atoms with Crippen molar-refractivity contribution in [1.29, 1.82) is 0 Å². The maximum absolute atomic E-state index is 11.7. The average Bonchev–Trinajstić information content (AvgIpc) is 2.71. The minimum absolute atomic E-state index is 0. The molecule has 0 aromatic heterocycles. The number of aryl methyl sites for hydroxylation is 2. The smallest absolute Gasteiger partial charge is 0.337 e. The van der Waals surface area contributed by atoms with Gasteiger partial charge in [-0.05, 0) is 37.1 Å². The highest BCUT2D eigenvalue weighted by Crippen LogP contribution is 2.21. The van der Waals surface area contributed by atoms with E-state index in [1.54, 1.807) is 52.4 Å². The van der Waals surface area contributed by atoms with Crippen LogP contribution in [-0.2, 0) is 9.68 Å². The van der Waals surface area contributed by atoms with Crippen molar-refractivity contribution in [3.05, 3.63) is 68.7 Å². The lowest BCUT2D eigenvalue weighted by atomic mass is 10.1. The Balaban J connectivity index is -0.000000416. The number of hydroxylamine groups is 3. The second-order valence-corrected chi connectivity index (χ2v) is 6.33. The largest absolute Gasteiger partial charge is 0.478 e. The highest BCUT2D eigenvalue weighted by Gasteiger charge is 2.15. The van der Waals surface area contributed by atoms with Gasteiger partial charge in [0.15, 0.2) is 0 Å². The summed E-state index contributed by atoms with van der Waals surface area (Å²) in [7, 11) is 6.25. The number of carboxylic acid groups (broad SMARTS) is 1. The number of carboxylic acids is 1. The predicted molar refractivity (Wildman–Crippen MR) is 128 cm³/mol. The van der Waals surface area contributed by atoms with Gasteiger partial charge in [0.2, 0.25) is 0 Å². The van der Waals surface area contributed by atoms with Crippen molar-refractivity contribution in [2.24, 2.45) is 0 Å². The third-order valence-corrected chi connectivity index (χ3v) is 4.61.